The van der Waals surface area contributed by atoms with E-state index in [0.29, 0.717) is 12.0 Å². The second-order valence-electron chi connectivity index (χ2n) is 8.16. The molecule has 0 unspecified atom stereocenters. The molecule has 132 valence electrons. The van der Waals surface area contributed by atoms with Gasteiger partial charge in [0.2, 0.25) is 0 Å². The molecule has 0 N–H and O–H groups in total. The summed E-state index contributed by atoms with van der Waals surface area (Å²) in [5.74, 6) is 0.620. The molecule has 1 amide bonds. The molecule has 2 aliphatic heterocycles. The zero-order chi connectivity index (χ0) is 17.8. The first kappa shape index (κ1) is 16.8. The van der Waals surface area contributed by atoms with E-state index in [0.717, 1.165) is 29.4 Å². The first-order valence-corrected chi connectivity index (χ1v) is 9.64. The fourth-order valence-electron chi connectivity index (χ4n) is 3.85. The molecule has 0 bridgehead atoms. The molecule has 3 aliphatic rings. The van der Waals surface area contributed by atoms with Crippen molar-refractivity contribution in [3.63, 3.8) is 0 Å². The van der Waals surface area contributed by atoms with Crippen LogP contribution in [-0.4, -0.2) is 34.4 Å². The lowest BCUT2D eigenvalue weighted by molar-refractivity contribution is 0.0230. The summed E-state index contributed by atoms with van der Waals surface area (Å²) in [6.45, 7) is 5.75. The Morgan fingerprint density at radius 3 is 2.84 bits per heavy atom. The van der Waals surface area contributed by atoms with Gasteiger partial charge in [-0.2, -0.15) is 0 Å². The predicted molar refractivity (Wildman–Crippen MR) is 103 cm³/mol. The van der Waals surface area contributed by atoms with Gasteiger partial charge in [-0.25, -0.2) is 4.79 Å². The van der Waals surface area contributed by atoms with Crippen molar-refractivity contribution in [2.24, 2.45) is 10.9 Å². The Kier molecular flexibility index (Phi) is 4.02. The van der Waals surface area contributed by atoms with E-state index in [4.69, 9.17) is 4.74 Å². The summed E-state index contributed by atoms with van der Waals surface area (Å²) in [5, 5.41) is 0. The van der Waals surface area contributed by atoms with Crippen LogP contribution in [0.5, 0.6) is 0 Å². The Hall–Kier alpha value is -1.62. The average molecular weight is 403 g/mol. The van der Waals surface area contributed by atoms with E-state index in [1.807, 2.05) is 44.0 Å². The van der Waals surface area contributed by atoms with Gasteiger partial charge >= 0.3 is 6.09 Å². The van der Waals surface area contributed by atoms with E-state index in [1.54, 1.807) is 0 Å². The highest BCUT2D eigenvalue weighted by Gasteiger charge is 2.56. The highest BCUT2D eigenvalue weighted by Crippen LogP contribution is 2.49. The minimum Gasteiger partial charge on any atom is -0.444 e. The summed E-state index contributed by atoms with van der Waals surface area (Å²) in [6.07, 6.45) is 4.69. The number of carbonyl (C=O) groups is 1. The summed E-state index contributed by atoms with van der Waals surface area (Å²) in [4.78, 5) is 19.3. The van der Waals surface area contributed by atoms with Gasteiger partial charge in [-0.3, -0.25) is 9.89 Å². The Morgan fingerprint density at radius 1 is 1.32 bits per heavy atom. The lowest BCUT2D eigenvalue weighted by atomic mass is 9.98. The molecular weight excluding hydrogens is 380 g/mol. The van der Waals surface area contributed by atoms with Crippen LogP contribution in [-0.2, 0) is 4.74 Å². The number of nitrogens with zero attached hydrogens (tertiary/aromatic N) is 2. The average Bonchev–Trinajstić information content (AvgIpc) is 2.97. The van der Waals surface area contributed by atoms with Crippen LogP contribution in [0.25, 0.3) is 5.57 Å². The second kappa shape index (κ2) is 5.97. The van der Waals surface area contributed by atoms with Crippen molar-refractivity contribution in [2.75, 3.05) is 0 Å². The van der Waals surface area contributed by atoms with Crippen molar-refractivity contribution in [1.29, 1.82) is 0 Å². The van der Waals surface area contributed by atoms with Gasteiger partial charge in [-0.05, 0) is 62.8 Å². The van der Waals surface area contributed by atoms with Crippen LogP contribution >= 0.6 is 15.9 Å². The molecule has 1 saturated carbocycles. The SMILES string of the molecule is CC(C)(C)OC(=O)N1[C@@H]2C[C@@H]2C[C@H]1C1=NC=C(c2cccc(Br)c2)C1. The number of halogens is 1. The van der Waals surface area contributed by atoms with E-state index in [9.17, 15) is 4.79 Å². The van der Waals surface area contributed by atoms with Gasteiger partial charge in [0, 0.05) is 28.8 Å². The molecule has 1 aliphatic carbocycles. The Balaban J connectivity index is 1.48. The topological polar surface area (TPSA) is 41.9 Å². The van der Waals surface area contributed by atoms with Gasteiger partial charge in [-0.15, -0.1) is 0 Å². The van der Waals surface area contributed by atoms with E-state index in [2.05, 4.69) is 33.1 Å². The number of carbonyl (C=O) groups excluding carboxylic acids is 1. The standard InChI is InChI=1S/C20H23BrN2O2/c1-20(2,3)25-19(24)23-17-9-13(17)10-18(23)16-8-14(11-22-16)12-5-4-6-15(21)7-12/h4-7,11,13,17-18H,8-10H2,1-3H3/t13-,17-,18+/m1/s1. The van der Waals surface area contributed by atoms with E-state index < -0.39 is 5.60 Å². The lowest BCUT2D eigenvalue weighted by Crippen LogP contribution is -2.45. The second-order valence-corrected chi connectivity index (χ2v) is 9.08. The molecule has 1 aromatic carbocycles. The number of piperidine rings is 1. The summed E-state index contributed by atoms with van der Waals surface area (Å²) >= 11 is 3.53. The fraction of sp³-hybridized carbons (Fsp3) is 0.500. The van der Waals surface area contributed by atoms with Crippen molar-refractivity contribution < 1.29 is 9.53 Å². The molecular formula is C20H23BrN2O2. The van der Waals surface area contributed by atoms with Crippen LogP contribution in [0.15, 0.2) is 39.9 Å². The first-order valence-electron chi connectivity index (χ1n) is 8.85. The summed E-state index contributed by atoms with van der Waals surface area (Å²) < 4.78 is 6.71. The highest BCUT2D eigenvalue weighted by atomic mass is 79.9. The maximum Gasteiger partial charge on any atom is 0.411 e. The third kappa shape index (κ3) is 3.39. The zero-order valence-corrected chi connectivity index (χ0v) is 16.4. The minimum atomic E-state index is -0.466. The number of rotatable bonds is 2. The van der Waals surface area contributed by atoms with Gasteiger partial charge in [0.1, 0.15) is 5.60 Å². The zero-order valence-electron chi connectivity index (χ0n) is 14.8. The number of aliphatic imine (C=N–C) groups is 1. The summed E-state index contributed by atoms with van der Waals surface area (Å²) in [5.41, 5.74) is 3.01. The number of likely N-dealkylation sites (tertiary alicyclic amines) is 1. The number of ether oxygens (including phenoxy) is 1. The normalized spacial score (nSPS) is 27.7. The number of allylic oxidation sites excluding steroid dienone is 1. The molecule has 4 rings (SSSR count). The van der Waals surface area contributed by atoms with Crippen LogP contribution in [0.4, 0.5) is 4.79 Å². The molecule has 2 fully saturated rings. The smallest absolute Gasteiger partial charge is 0.411 e. The summed E-state index contributed by atoms with van der Waals surface area (Å²) in [7, 11) is 0. The van der Waals surface area contributed by atoms with Gasteiger partial charge in [0.15, 0.2) is 0 Å². The molecule has 2 heterocycles. The third-order valence-electron chi connectivity index (χ3n) is 5.05. The monoisotopic (exact) mass is 402 g/mol. The number of fused-ring (bicyclic) bond motifs is 1. The molecule has 4 nitrogen and oxygen atoms in total. The van der Waals surface area contributed by atoms with E-state index >= 15 is 0 Å². The van der Waals surface area contributed by atoms with E-state index in [-0.39, 0.29) is 12.1 Å². The quantitative estimate of drug-likeness (QED) is 0.695. The number of benzene rings is 1. The van der Waals surface area contributed by atoms with Crippen molar-refractivity contribution in [2.45, 2.75) is 57.7 Å². The molecule has 25 heavy (non-hydrogen) atoms. The Labute approximate surface area is 157 Å². The highest BCUT2D eigenvalue weighted by molar-refractivity contribution is 9.10. The third-order valence-corrected chi connectivity index (χ3v) is 5.54. The first-order chi connectivity index (χ1) is 11.8. The Bertz CT molecular complexity index is 778. The van der Waals surface area contributed by atoms with Gasteiger partial charge in [-0.1, -0.05) is 28.1 Å². The van der Waals surface area contributed by atoms with Crippen molar-refractivity contribution in [1.82, 2.24) is 4.90 Å². The van der Waals surface area contributed by atoms with Gasteiger partial charge in [0.05, 0.1) is 6.04 Å². The predicted octanol–water partition coefficient (Wildman–Crippen LogP) is 5.03. The largest absolute Gasteiger partial charge is 0.444 e. The minimum absolute atomic E-state index is 0.0829. The Morgan fingerprint density at radius 2 is 2.12 bits per heavy atom. The molecule has 0 radical (unpaired) electrons. The fourth-order valence-corrected chi connectivity index (χ4v) is 4.25. The lowest BCUT2D eigenvalue weighted by Gasteiger charge is -2.30. The number of hydrogen-bond donors (Lipinski definition) is 0. The maximum absolute atomic E-state index is 12.7. The van der Waals surface area contributed by atoms with Crippen molar-refractivity contribution in [3.8, 4) is 0 Å². The summed E-state index contributed by atoms with van der Waals surface area (Å²) in [6, 6.07) is 8.71. The van der Waals surface area contributed by atoms with Crippen LogP contribution in [0.3, 0.4) is 0 Å². The van der Waals surface area contributed by atoms with Crippen molar-refractivity contribution >= 4 is 33.3 Å². The molecule has 3 atom stereocenters. The molecule has 1 saturated heterocycles. The number of hydrogen-bond acceptors (Lipinski definition) is 3. The van der Waals surface area contributed by atoms with Crippen LogP contribution in [0.1, 0.15) is 45.6 Å². The van der Waals surface area contributed by atoms with E-state index in [1.165, 1.54) is 11.1 Å². The molecule has 0 spiro atoms. The van der Waals surface area contributed by atoms with Crippen LogP contribution < -0.4 is 0 Å². The molecule has 1 aromatic rings. The molecule has 0 aromatic heterocycles. The molecule has 5 heteroatoms. The maximum atomic E-state index is 12.7. The van der Waals surface area contributed by atoms with Crippen LogP contribution in [0, 0.1) is 5.92 Å². The number of amides is 1. The van der Waals surface area contributed by atoms with Crippen molar-refractivity contribution in [3.05, 3.63) is 40.5 Å². The van der Waals surface area contributed by atoms with Gasteiger partial charge in [0.25, 0.3) is 0 Å². The van der Waals surface area contributed by atoms with Crippen LogP contribution in [0.2, 0.25) is 0 Å². The van der Waals surface area contributed by atoms with Gasteiger partial charge < -0.3 is 4.74 Å².